The molecule has 0 radical (unpaired) electrons. The van der Waals surface area contributed by atoms with Crippen molar-refractivity contribution in [1.29, 1.82) is 0 Å². The average molecular weight is 751 g/mol. The number of fused-ring (bicyclic) bond motifs is 2. The quantitative estimate of drug-likeness (QED) is 0.185. The number of aliphatic hydroxyl groups excluding tert-OH is 1. The smallest absolute Gasteiger partial charge is 0.204 e. The minimum Gasteiger partial charge on any atom is -0.493 e. The third-order valence-electron chi connectivity index (χ3n) is 11.1. The molecule has 9 rings (SSSR count). The topological polar surface area (TPSA) is 72.9 Å². The van der Waals surface area contributed by atoms with Gasteiger partial charge in [-0.15, -0.1) is 0 Å². The van der Waals surface area contributed by atoms with E-state index in [0.717, 1.165) is 60.4 Å². The number of benzene rings is 5. The Bertz CT molecular complexity index is 2190. The first-order valence-electron chi connectivity index (χ1n) is 18.3. The Labute approximate surface area is 320 Å². The fourth-order valence-electron chi connectivity index (χ4n) is 8.06. The van der Waals surface area contributed by atoms with Gasteiger partial charge in [0.2, 0.25) is 5.75 Å². The molecular weight excluding hydrogens is 707 g/mol. The molecule has 5 aromatic carbocycles. The van der Waals surface area contributed by atoms with Gasteiger partial charge in [-0.1, -0.05) is 35.9 Å². The first kappa shape index (κ1) is 36.2. The largest absolute Gasteiger partial charge is 0.493 e. The molecule has 0 amide bonds. The lowest BCUT2D eigenvalue weighted by Gasteiger charge is -2.37. The van der Waals surface area contributed by atoms with Gasteiger partial charge < -0.3 is 28.8 Å². The van der Waals surface area contributed by atoms with Crippen molar-refractivity contribution in [2.24, 2.45) is 0 Å². The Kier molecular flexibility index (Phi) is 10.2. The van der Waals surface area contributed by atoms with Crippen LogP contribution in [0, 0.1) is 5.82 Å². The van der Waals surface area contributed by atoms with E-state index in [1.165, 1.54) is 23.3 Å². The second-order valence-corrected chi connectivity index (χ2v) is 14.8. The van der Waals surface area contributed by atoms with Gasteiger partial charge in [0.05, 0.1) is 25.8 Å². The minimum atomic E-state index is -0.521. The summed E-state index contributed by atoms with van der Waals surface area (Å²) in [6, 6.07) is 25.1. The van der Waals surface area contributed by atoms with E-state index in [-0.39, 0.29) is 30.3 Å². The monoisotopic (exact) mass is 750 g/mol. The highest BCUT2D eigenvalue weighted by Gasteiger charge is 2.35. The lowest BCUT2D eigenvalue weighted by molar-refractivity contribution is 0.216. The second kappa shape index (κ2) is 15.1. The summed E-state index contributed by atoms with van der Waals surface area (Å²) < 4.78 is 46.5. The fraction of sp³-hybridized carbons (Fsp3) is 0.318. The van der Waals surface area contributed by atoms with Crippen molar-refractivity contribution >= 4 is 11.6 Å². The van der Waals surface area contributed by atoms with E-state index in [2.05, 4.69) is 54.2 Å². The third-order valence-corrected chi connectivity index (χ3v) is 11.4. The Morgan fingerprint density at radius 1 is 0.778 bits per heavy atom. The summed E-state index contributed by atoms with van der Waals surface area (Å²) in [6.07, 6.45) is 3.01. The standard InChI is InChI=1S/C44H44ClFN2O6/c1-47-15-13-29-21-31(24-49)39-23-33(29)36(47)18-26-5-9-32(10-6-26)53-40-20-27(8-12-38(40)50-3)19-37-42-30(14-16-48(37)2)22-41(51-4)43(44(42)54-39)52-25-28-7-11-34(45)35(46)17-28/h5-12,17,20-23,36-37,49H,13-16,18-19,24-25H2,1-4H3/t36-,37-/m0/s1. The molecule has 1 N–H and O–H groups in total. The number of rotatable bonds is 6. The normalized spacial score (nSPS) is 18.1. The van der Waals surface area contributed by atoms with E-state index in [1.54, 1.807) is 20.3 Å². The maximum absolute atomic E-state index is 14.6. The minimum absolute atomic E-state index is 0.0433. The maximum Gasteiger partial charge on any atom is 0.204 e. The highest BCUT2D eigenvalue weighted by atomic mass is 35.5. The summed E-state index contributed by atoms with van der Waals surface area (Å²) in [5.41, 5.74) is 7.90. The molecule has 4 aliphatic heterocycles. The predicted octanol–water partition coefficient (Wildman–Crippen LogP) is 9.01. The maximum atomic E-state index is 14.6. The zero-order chi connectivity index (χ0) is 37.5. The molecule has 5 aromatic rings. The van der Waals surface area contributed by atoms with Crippen LogP contribution in [0.25, 0.3) is 0 Å². The first-order valence-corrected chi connectivity index (χ1v) is 18.7. The number of hydrogen-bond acceptors (Lipinski definition) is 8. The van der Waals surface area contributed by atoms with Crippen LogP contribution in [0.2, 0.25) is 5.02 Å². The van der Waals surface area contributed by atoms with E-state index in [0.29, 0.717) is 52.0 Å². The third kappa shape index (κ3) is 6.97. The van der Waals surface area contributed by atoms with Crippen molar-refractivity contribution in [2.75, 3.05) is 41.4 Å². The summed E-state index contributed by atoms with van der Waals surface area (Å²) in [5, 5.41) is 10.8. The van der Waals surface area contributed by atoms with E-state index in [1.807, 2.05) is 30.3 Å². The molecule has 0 saturated heterocycles. The molecule has 0 unspecified atom stereocenters. The molecule has 4 aliphatic rings. The van der Waals surface area contributed by atoms with Crippen molar-refractivity contribution in [3.8, 4) is 40.2 Å². The van der Waals surface area contributed by atoms with Gasteiger partial charge in [0.1, 0.15) is 23.9 Å². The second-order valence-electron chi connectivity index (χ2n) is 14.4. The summed E-state index contributed by atoms with van der Waals surface area (Å²) in [6.45, 7) is 1.54. The van der Waals surface area contributed by atoms with Crippen molar-refractivity contribution in [3.63, 3.8) is 0 Å². The van der Waals surface area contributed by atoms with Gasteiger partial charge in [0, 0.05) is 36.3 Å². The van der Waals surface area contributed by atoms with Crippen LogP contribution >= 0.6 is 11.6 Å². The first-order chi connectivity index (χ1) is 26.2. The molecule has 0 fully saturated rings. The van der Waals surface area contributed by atoms with Crippen LogP contribution in [-0.2, 0) is 38.9 Å². The van der Waals surface area contributed by atoms with Crippen molar-refractivity contribution in [2.45, 2.75) is 51.0 Å². The molecule has 2 atom stereocenters. The van der Waals surface area contributed by atoms with Gasteiger partial charge in [-0.05, 0) is 128 Å². The summed E-state index contributed by atoms with van der Waals surface area (Å²) in [7, 11) is 7.53. The number of ether oxygens (including phenoxy) is 5. The molecule has 0 aliphatic carbocycles. The number of methoxy groups -OCH3 is 2. The van der Waals surface area contributed by atoms with Gasteiger partial charge in [0.15, 0.2) is 23.0 Å². The van der Waals surface area contributed by atoms with Crippen LogP contribution in [0.3, 0.4) is 0 Å². The van der Waals surface area contributed by atoms with Gasteiger partial charge in [-0.2, -0.15) is 0 Å². The molecule has 4 heterocycles. The lowest BCUT2D eigenvalue weighted by atomic mass is 9.86. The average Bonchev–Trinajstić information content (AvgIpc) is 3.18. The number of hydrogen-bond donors (Lipinski definition) is 1. The molecular formula is C44H44ClFN2O6. The van der Waals surface area contributed by atoms with Crippen LogP contribution in [0.15, 0.2) is 78.9 Å². The fourth-order valence-corrected chi connectivity index (χ4v) is 8.17. The zero-order valence-corrected chi connectivity index (χ0v) is 31.7. The predicted molar refractivity (Wildman–Crippen MR) is 206 cm³/mol. The molecule has 10 heteroatoms. The van der Waals surface area contributed by atoms with E-state index in [9.17, 15) is 9.50 Å². The Hall–Kier alpha value is -4.80. The number of aliphatic hydroxyl groups is 1. The Balaban J connectivity index is 1.34. The van der Waals surface area contributed by atoms with Crippen LogP contribution in [0.4, 0.5) is 4.39 Å². The van der Waals surface area contributed by atoms with Gasteiger partial charge in [-0.25, -0.2) is 4.39 Å². The van der Waals surface area contributed by atoms with E-state index >= 15 is 0 Å². The highest BCUT2D eigenvalue weighted by Crippen LogP contribution is 2.51. The summed E-state index contributed by atoms with van der Waals surface area (Å²) >= 11 is 6.01. The van der Waals surface area contributed by atoms with E-state index in [4.69, 9.17) is 35.3 Å². The number of nitrogens with zero attached hydrogens (tertiary/aromatic N) is 2. The summed E-state index contributed by atoms with van der Waals surface area (Å²) in [4.78, 5) is 4.70. The Morgan fingerprint density at radius 3 is 2.24 bits per heavy atom. The van der Waals surface area contributed by atoms with Crippen LogP contribution in [-0.4, -0.2) is 56.3 Å². The molecule has 54 heavy (non-hydrogen) atoms. The molecule has 280 valence electrons. The van der Waals surface area contributed by atoms with Crippen LogP contribution in [0.5, 0.6) is 40.2 Å². The lowest BCUT2D eigenvalue weighted by Crippen LogP contribution is -2.34. The highest BCUT2D eigenvalue weighted by molar-refractivity contribution is 6.30. The molecule has 8 nitrogen and oxygen atoms in total. The van der Waals surface area contributed by atoms with Crippen LogP contribution in [0.1, 0.15) is 56.6 Å². The number of halogens is 2. The van der Waals surface area contributed by atoms with Crippen molar-refractivity contribution in [1.82, 2.24) is 9.80 Å². The van der Waals surface area contributed by atoms with Crippen molar-refractivity contribution < 1.29 is 33.2 Å². The molecule has 0 spiro atoms. The van der Waals surface area contributed by atoms with Crippen LogP contribution < -0.4 is 23.7 Å². The number of likely N-dealkylation sites (N-methyl/N-ethyl adjacent to an activating group) is 2. The zero-order valence-electron chi connectivity index (χ0n) is 31.0. The SMILES string of the molecule is COc1ccc2cc1Oc1ccc(cc1)C[C@H]1c3cc(c(CO)cc3CCN1C)Oc1c(OCc3ccc(Cl)c(F)c3)c(OC)cc3c1[C@H](C2)N(C)CC3. The van der Waals surface area contributed by atoms with Crippen molar-refractivity contribution in [3.05, 3.63) is 134 Å². The molecule has 6 bridgehead atoms. The van der Waals surface area contributed by atoms with Gasteiger partial charge in [-0.3, -0.25) is 9.80 Å². The molecule has 0 saturated carbocycles. The van der Waals surface area contributed by atoms with Gasteiger partial charge in [0.25, 0.3) is 0 Å². The molecule has 0 aromatic heterocycles. The van der Waals surface area contributed by atoms with E-state index < -0.39 is 5.82 Å². The summed E-state index contributed by atoms with van der Waals surface area (Å²) in [5.74, 6) is 3.45. The van der Waals surface area contributed by atoms with Gasteiger partial charge >= 0.3 is 0 Å². The Morgan fingerprint density at radius 2 is 1.50 bits per heavy atom.